The molecule has 0 aromatic carbocycles. The zero-order valence-corrected chi connectivity index (χ0v) is 12.5. The first-order valence-corrected chi connectivity index (χ1v) is 7.46. The number of rotatable bonds is 5. The van der Waals surface area contributed by atoms with E-state index < -0.39 is 20.5 Å². The highest BCUT2D eigenvalue weighted by Gasteiger charge is 2.41. The van der Waals surface area contributed by atoms with E-state index >= 15 is 0 Å². The quantitative estimate of drug-likeness (QED) is 0.734. The molecule has 100 valence electrons. The Hall–Kier alpha value is -0.690. The van der Waals surface area contributed by atoms with E-state index in [0.717, 1.165) is 6.26 Å². The standard InChI is InChI=1S/C10H20N2O3S2/c1-7(6-8(11)16)12(4)9(13)10(2,3)17(5,14)15/h7H,6H2,1-5H3,(H2,11,16). The molecule has 0 fully saturated rings. The Bertz CT molecular complexity index is 415. The van der Waals surface area contributed by atoms with Crippen LogP contribution in [-0.4, -0.2) is 48.3 Å². The molecule has 17 heavy (non-hydrogen) atoms. The molecule has 0 spiro atoms. The van der Waals surface area contributed by atoms with Crippen molar-refractivity contribution in [2.75, 3.05) is 13.3 Å². The maximum absolute atomic E-state index is 12.1. The van der Waals surface area contributed by atoms with Gasteiger partial charge in [-0.05, 0) is 20.8 Å². The van der Waals surface area contributed by atoms with Crippen LogP contribution in [0.2, 0.25) is 0 Å². The molecule has 0 aromatic rings. The van der Waals surface area contributed by atoms with Crippen LogP contribution in [0, 0.1) is 0 Å². The molecular weight excluding hydrogens is 260 g/mol. The van der Waals surface area contributed by atoms with Gasteiger partial charge in [0.1, 0.15) is 4.75 Å². The Morgan fingerprint density at radius 2 is 1.88 bits per heavy atom. The summed E-state index contributed by atoms with van der Waals surface area (Å²) in [6.07, 6.45) is 1.42. The van der Waals surface area contributed by atoms with Crippen LogP contribution in [0.4, 0.5) is 0 Å². The van der Waals surface area contributed by atoms with Crippen molar-refractivity contribution in [1.82, 2.24) is 4.90 Å². The van der Waals surface area contributed by atoms with Crippen molar-refractivity contribution in [3.8, 4) is 0 Å². The molecule has 0 bridgehead atoms. The van der Waals surface area contributed by atoms with Gasteiger partial charge in [-0.1, -0.05) is 12.2 Å². The zero-order chi connectivity index (χ0) is 14.0. The highest BCUT2D eigenvalue weighted by Crippen LogP contribution is 2.19. The van der Waals surface area contributed by atoms with Crippen molar-refractivity contribution in [1.29, 1.82) is 0 Å². The molecule has 0 saturated heterocycles. The number of hydrogen-bond donors (Lipinski definition) is 1. The number of amides is 1. The average Bonchev–Trinajstić information content (AvgIpc) is 2.12. The molecule has 0 aromatic heterocycles. The van der Waals surface area contributed by atoms with Crippen LogP contribution in [0.15, 0.2) is 0 Å². The molecule has 5 nitrogen and oxygen atoms in total. The zero-order valence-electron chi connectivity index (χ0n) is 10.9. The number of thiocarbonyl (C=S) groups is 1. The predicted molar refractivity (Wildman–Crippen MR) is 72.6 cm³/mol. The number of carbonyl (C=O) groups is 1. The van der Waals surface area contributed by atoms with E-state index in [1.807, 2.05) is 0 Å². The molecule has 1 amide bonds. The number of nitrogens with two attached hydrogens (primary N) is 1. The van der Waals surface area contributed by atoms with Gasteiger partial charge in [-0.3, -0.25) is 4.79 Å². The molecule has 1 unspecified atom stereocenters. The number of carbonyl (C=O) groups excluding carboxylic acids is 1. The predicted octanol–water partition coefficient (Wildman–Crippen LogP) is 0.333. The summed E-state index contributed by atoms with van der Waals surface area (Å²) < 4.78 is 21.7. The fraction of sp³-hybridized carbons (Fsp3) is 0.800. The molecule has 1 atom stereocenters. The molecular formula is C10H20N2O3S2. The maximum Gasteiger partial charge on any atom is 0.243 e. The molecule has 0 aliphatic rings. The Morgan fingerprint density at radius 1 is 1.47 bits per heavy atom. The van der Waals surface area contributed by atoms with E-state index in [4.69, 9.17) is 18.0 Å². The first-order valence-electron chi connectivity index (χ1n) is 5.16. The summed E-state index contributed by atoms with van der Waals surface area (Å²) in [5.74, 6) is -0.455. The lowest BCUT2D eigenvalue weighted by atomic mass is 10.1. The van der Waals surface area contributed by atoms with Crippen molar-refractivity contribution >= 4 is 33.0 Å². The second-order valence-corrected chi connectivity index (χ2v) is 7.81. The fourth-order valence-corrected chi connectivity index (χ4v) is 1.91. The van der Waals surface area contributed by atoms with Gasteiger partial charge in [-0.25, -0.2) is 8.42 Å². The van der Waals surface area contributed by atoms with Crippen molar-refractivity contribution in [2.24, 2.45) is 5.73 Å². The highest BCUT2D eigenvalue weighted by molar-refractivity contribution is 7.92. The van der Waals surface area contributed by atoms with Crippen LogP contribution < -0.4 is 5.73 Å². The van der Waals surface area contributed by atoms with Gasteiger partial charge in [0.05, 0.1) is 4.99 Å². The van der Waals surface area contributed by atoms with Gasteiger partial charge >= 0.3 is 0 Å². The molecule has 0 saturated carbocycles. The number of hydrogen-bond acceptors (Lipinski definition) is 4. The number of nitrogens with zero attached hydrogens (tertiary/aromatic N) is 1. The summed E-state index contributed by atoms with van der Waals surface area (Å²) in [5.41, 5.74) is 5.40. The second-order valence-electron chi connectivity index (χ2n) is 4.72. The van der Waals surface area contributed by atoms with Crippen molar-refractivity contribution < 1.29 is 13.2 Å². The first-order chi connectivity index (χ1) is 7.41. The van der Waals surface area contributed by atoms with Crippen molar-refractivity contribution in [2.45, 2.75) is 38.0 Å². The van der Waals surface area contributed by atoms with Gasteiger partial charge in [0, 0.05) is 25.8 Å². The topological polar surface area (TPSA) is 80.5 Å². The van der Waals surface area contributed by atoms with Crippen LogP contribution in [0.25, 0.3) is 0 Å². The molecule has 0 heterocycles. The fourth-order valence-electron chi connectivity index (χ4n) is 1.21. The summed E-state index contributed by atoms with van der Waals surface area (Å²) in [6.45, 7) is 4.57. The third kappa shape index (κ3) is 3.92. The van der Waals surface area contributed by atoms with E-state index in [2.05, 4.69) is 0 Å². The lowest BCUT2D eigenvalue weighted by Crippen LogP contribution is -2.51. The molecule has 0 rings (SSSR count). The minimum atomic E-state index is -3.46. The third-order valence-electron chi connectivity index (χ3n) is 2.92. The van der Waals surface area contributed by atoms with Gasteiger partial charge in [0.15, 0.2) is 9.84 Å². The van der Waals surface area contributed by atoms with E-state index in [0.29, 0.717) is 11.4 Å². The maximum atomic E-state index is 12.1. The van der Waals surface area contributed by atoms with Crippen LogP contribution >= 0.6 is 12.2 Å². The highest BCUT2D eigenvalue weighted by atomic mass is 32.2. The first kappa shape index (κ1) is 16.3. The Morgan fingerprint density at radius 3 is 2.18 bits per heavy atom. The summed E-state index contributed by atoms with van der Waals surface area (Å²) in [4.78, 5) is 13.8. The molecule has 0 aliphatic heterocycles. The average molecular weight is 280 g/mol. The van der Waals surface area contributed by atoms with Crippen LogP contribution in [0.5, 0.6) is 0 Å². The monoisotopic (exact) mass is 280 g/mol. The van der Waals surface area contributed by atoms with Gasteiger partial charge in [-0.2, -0.15) is 0 Å². The van der Waals surface area contributed by atoms with Gasteiger partial charge in [0.2, 0.25) is 5.91 Å². The Kier molecular flexibility index (Phi) is 5.09. The minimum absolute atomic E-state index is 0.221. The summed E-state index contributed by atoms with van der Waals surface area (Å²) >= 11 is 4.77. The third-order valence-corrected chi connectivity index (χ3v) is 5.12. The van der Waals surface area contributed by atoms with E-state index in [1.54, 1.807) is 14.0 Å². The lowest BCUT2D eigenvalue weighted by molar-refractivity contribution is -0.133. The minimum Gasteiger partial charge on any atom is -0.393 e. The van der Waals surface area contributed by atoms with Crippen LogP contribution in [-0.2, 0) is 14.6 Å². The Labute approximate surface area is 108 Å². The normalized spacial score (nSPS) is 14.2. The summed E-state index contributed by atoms with van der Waals surface area (Å²) in [7, 11) is -1.91. The SMILES string of the molecule is CC(CC(N)=S)N(C)C(=O)C(C)(C)S(C)(=O)=O. The number of sulfone groups is 1. The van der Waals surface area contributed by atoms with Crippen molar-refractivity contribution in [3.05, 3.63) is 0 Å². The van der Waals surface area contributed by atoms with Gasteiger partial charge < -0.3 is 10.6 Å². The second kappa shape index (κ2) is 5.30. The van der Waals surface area contributed by atoms with Crippen LogP contribution in [0.3, 0.4) is 0 Å². The largest absolute Gasteiger partial charge is 0.393 e. The molecule has 7 heteroatoms. The molecule has 0 aliphatic carbocycles. The molecule has 0 radical (unpaired) electrons. The summed E-state index contributed by atoms with van der Waals surface area (Å²) in [5, 5.41) is 0. The van der Waals surface area contributed by atoms with E-state index in [1.165, 1.54) is 18.7 Å². The van der Waals surface area contributed by atoms with E-state index in [9.17, 15) is 13.2 Å². The van der Waals surface area contributed by atoms with E-state index in [-0.39, 0.29) is 6.04 Å². The van der Waals surface area contributed by atoms with Gasteiger partial charge in [-0.15, -0.1) is 0 Å². The van der Waals surface area contributed by atoms with Crippen LogP contribution in [0.1, 0.15) is 27.2 Å². The molecule has 2 N–H and O–H groups in total. The lowest BCUT2D eigenvalue weighted by Gasteiger charge is -2.31. The van der Waals surface area contributed by atoms with Crippen molar-refractivity contribution in [3.63, 3.8) is 0 Å². The smallest absolute Gasteiger partial charge is 0.243 e. The van der Waals surface area contributed by atoms with Gasteiger partial charge in [0.25, 0.3) is 0 Å². The Balaban J connectivity index is 5.01. The summed E-state index contributed by atoms with van der Waals surface area (Å²) in [6, 6.07) is -0.221.